The number of hydrogen-bond donors (Lipinski definition) is 1. The van der Waals surface area contributed by atoms with Crippen molar-refractivity contribution in [3.63, 3.8) is 0 Å². The highest BCUT2D eigenvalue weighted by Gasteiger charge is 2.31. The van der Waals surface area contributed by atoms with Gasteiger partial charge in [0.05, 0.1) is 10.5 Å². The molecular weight excluding hydrogens is 222 g/mol. The molecule has 1 amide bonds. The molecule has 17 heavy (non-hydrogen) atoms. The lowest BCUT2D eigenvalue weighted by Crippen LogP contribution is -2.29. The Labute approximate surface area is 98.2 Å². The number of nitrogens with two attached hydrogens (primary N) is 1. The Bertz CT molecular complexity index is 483. The second-order valence-electron chi connectivity index (χ2n) is 4.14. The average molecular weight is 235 g/mol. The number of carbonyl (C=O) groups is 1. The summed E-state index contributed by atoms with van der Waals surface area (Å²) in [7, 11) is 1.69. The molecule has 0 radical (unpaired) electrons. The van der Waals surface area contributed by atoms with E-state index in [1.807, 2.05) is 0 Å². The number of nitrogen functional groups attached to an aromatic ring is 1. The molecule has 0 heterocycles. The van der Waals surface area contributed by atoms with Gasteiger partial charge in [-0.3, -0.25) is 14.9 Å². The average Bonchev–Trinajstić information content (AvgIpc) is 3.11. The van der Waals surface area contributed by atoms with Gasteiger partial charge in [0.2, 0.25) is 0 Å². The molecule has 0 aromatic heterocycles. The summed E-state index contributed by atoms with van der Waals surface area (Å²) < 4.78 is 0. The third-order valence-corrected chi connectivity index (χ3v) is 2.93. The highest BCUT2D eigenvalue weighted by Crippen LogP contribution is 2.30. The lowest BCUT2D eigenvalue weighted by atomic mass is 10.1. The van der Waals surface area contributed by atoms with E-state index >= 15 is 0 Å². The third kappa shape index (κ3) is 2.06. The number of rotatable bonds is 3. The van der Waals surface area contributed by atoms with Crippen LogP contribution in [0.2, 0.25) is 0 Å². The first-order valence-corrected chi connectivity index (χ1v) is 5.32. The van der Waals surface area contributed by atoms with Crippen LogP contribution in [0.3, 0.4) is 0 Å². The van der Waals surface area contributed by atoms with Gasteiger partial charge in [-0.2, -0.15) is 0 Å². The molecule has 1 fully saturated rings. The predicted octanol–water partition coefficient (Wildman–Crippen LogP) is 1.41. The Morgan fingerprint density at radius 1 is 1.53 bits per heavy atom. The molecule has 0 unspecified atom stereocenters. The molecule has 1 aromatic carbocycles. The van der Waals surface area contributed by atoms with E-state index in [1.54, 1.807) is 11.9 Å². The van der Waals surface area contributed by atoms with Crippen LogP contribution in [0.25, 0.3) is 0 Å². The summed E-state index contributed by atoms with van der Waals surface area (Å²) in [4.78, 5) is 23.8. The minimum Gasteiger partial charge on any atom is -0.393 e. The normalized spacial score (nSPS) is 14.4. The van der Waals surface area contributed by atoms with Crippen LogP contribution >= 0.6 is 0 Å². The summed E-state index contributed by atoms with van der Waals surface area (Å²) >= 11 is 0. The Morgan fingerprint density at radius 3 is 2.71 bits per heavy atom. The highest BCUT2D eigenvalue weighted by molar-refractivity contribution is 6.01. The van der Waals surface area contributed by atoms with Gasteiger partial charge in [-0.25, -0.2) is 0 Å². The van der Waals surface area contributed by atoms with E-state index in [0.29, 0.717) is 0 Å². The molecule has 1 aliphatic rings. The van der Waals surface area contributed by atoms with Crippen LogP contribution in [0.4, 0.5) is 11.4 Å². The molecule has 2 N–H and O–H groups in total. The van der Waals surface area contributed by atoms with Crippen molar-refractivity contribution in [1.82, 2.24) is 4.90 Å². The van der Waals surface area contributed by atoms with E-state index in [9.17, 15) is 14.9 Å². The summed E-state index contributed by atoms with van der Waals surface area (Å²) in [5.41, 5.74) is 5.57. The first kappa shape index (κ1) is 11.4. The smallest absolute Gasteiger partial charge is 0.292 e. The van der Waals surface area contributed by atoms with Crippen LogP contribution in [-0.4, -0.2) is 28.8 Å². The quantitative estimate of drug-likeness (QED) is 0.487. The molecule has 1 aliphatic carbocycles. The zero-order valence-electron chi connectivity index (χ0n) is 9.42. The van der Waals surface area contributed by atoms with Gasteiger partial charge >= 0.3 is 0 Å². The number of para-hydroxylation sites is 1. The fourth-order valence-electron chi connectivity index (χ4n) is 1.72. The van der Waals surface area contributed by atoms with Crippen LogP contribution in [0, 0.1) is 10.1 Å². The minimum absolute atomic E-state index is 0.0602. The Morgan fingerprint density at radius 2 is 2.18 bits per heavy atom. The van der Waals surface area contributed by atoms with Crippen LogP contribution in [0.15, 0.2) is 18.2 Å². The standard InChI is InChI=1S/C11H13N3O3/c1-13(7-5-6-7)11(15)8-3-2-4-9(10(8)12)14(16)17/h2-4,7H,5-6,12H2,1H3. The molecule has 0 aliphatic heterocycles. The second kappa shape index (κ2) is 4.04. The van der Waals surface area contributed by atoms with Crippen molar-refractivity contribution in [3.05, 3.63) is 33.9 Å². The van der Waals surface area contributed by atoms with Gasteiger partial charge < -0.3 is 10.6 Å². The molecule has 6 nitrogen and oxygen atoms in total. The Kier molecular flexibility index (Phi) is 2.71. The molecule has 0 saturated heterocycles. The highest BCUT2D eigenvalue weighted by atomic mass is 16.6. The number of hydrogen-bond acceptors (Lipinski definition) is 4. The predicted molar refractivity (Wildman–Crippen MR) is 62.6 cm³/mol. The lowest BCUT2D eigenvalue weighted by Gasteiger charge is -2.17. The summed E-state index contributed by atoms with van der Waals surface area (Å²) in [5, 5.41) is 10.7. The maximum Gasteiger partial charge on any atom is 0.292 e. The molecule has 1 aromatic rings. The SMILES string of the molecule is CN(C(=O)c1cccc([N+](=O)[O-])c1N)C1CC1. The van der Waals surface area contributed by atoms with Gasteiger partial charge in [0.1, 0.15) is 5.69 Å². The van der Waals surface area contributed by atoms with E-state index in [2.05, 4.69) is 0 Å². The van der Waals surface area contributed by atoms with Gasteiger partial charge in [0, 0.05) is 19.2 Å². The summed E-state index contributed by atoms with van der Waals surface area (Å²) in [6.45, 7) is 0. The number of nitro benzene ring substituents is 1. The summed E-state index contributed by atoms with van der Waals surface area (Å²) in [5.74, 6) is -0.256. The summed E-state index contributed by atoms with van der Waals surface area (Å²) in [6.07, 6.45) is 1.97. The Hall–Kier alpha value is -2.11. The van der Waals surface area contributed by atoms with Gasteiger partial charge in [-0.15, -0.1) is 0 Å². The second-order valence-corrected chi connectivity index (χ2v) is 4.14. The fraction of sp³-hybridized carbons (Fsp3) is 0.364. The van der Waals surface area contributed by atoms with E-state index in [1.165, 1.54) is 18.2 Å². The van der Waals surface area contributed by atoms with Gasteiger partial charge in [0.25, 0.3) is 11.6 Å². The molecule has 90 valence electrons. The van der Waals surface area contributed by atoms with Crippen LogP contribution < -0.4 is 5.73 Å². The van der Waals surface area contributed by atoms with Gasteiger partial charge in [0.15, 0.2) is 0 Å². The first-order chi connectivity index (χ1) is 8.02. The number of amides is 1. The fourth-order valence-corrected chi connectivity index (χ4v) is 1.72. The monoisotopic (exact) mass is 235 g/mol. The van der Waals surface area contributed by atoms with Crippen molar-refractivity contribution in [2.75, 3.05) is 12.8 Å². The van der Waals surface area contributed by atoms with Crippen molar-refractivity contribution in [2.45, 2.75) is 18.9 Å². The van der Waals surface area contributed by atoms with Crippen molar-refractivity contribution in [1.29, 1.82) is 0 Å². The van der Waals surface area contributed by atoms with Crippen molar-refractivity contribution in [2.24, 2.45) is 0 Å². The van der Waals surface area contributed by atoms with Crippen LogP contribution in [0.1, 0.15) is 23.2 Å². The zero-order valence-corrected chi connectivity index (χ0v) is 9.42. The minimum atomic E-state index is -0.580. The van der Waals surface area contributed by atoms with Crippen LogP contribution in [-0.2, 0) is 0 Å². The molecule has 2 rings (SSSR count). The van der Waals surface area contributed by atoms with Crippen molar-refractivity contribution in [3.8, 4) is 0 Å². The number of carbonyl (C=O) groups excluding carboxylic acids is 1. The van der Waals surface area contributed by atoms with Gasteiger partial charge in [-0.1, -0.05) is 6.07 Å². The van der Waals surface area contributed by atoms with Gasteiger partial charge in [-0.05, 0) is 18.9 Å². The number of nitrogens with zero attached hydrogens (tertiary/aromatic N) is 2. The molecule has 1 saturated carbocycles. The molecule has 0 spiro atoms. The summed E-state index contributed by atoms with van der Waals surface area (Å²) in [6, 6.07) is 4.54. The lowest BCUT2D eigenvalue weighted by molar-refractivity contribution is -0.383. The third-order valence-electron chi connectivity index (χ3n) is 2.93. The van der Waals surface area contributed by atoms with E-state index in [-0.39, 0.29) is 28.9 Å². The largest absolute Gasteiger partial charge is 0.393 e. The van der Waals surface area contributed by atoms with Crippen LogP contribution in [0.5, 0.6) is 0 Å². The van der Waals surface area contributed by atoms with Crippen molar-refractivity contribution >= 4 is 17.3 Å². The van der Waals surface area contributed by atoms with E-state index in [0.717, 1.165) is 12.8 Å². The number of anilines is 1. The molecule has 0 bridgehead atoms. The topological polar surface area (TPSA) is 89.5 Å². The maximum absolute atomic E-state index is 12.0. The maximum atomic E-state index is 12.0. The first-order valence-electron chi connectivity index (χ1n) is 5.32. The molecule has 6 heteroatoms. The zero-order chi connectivity index (χ0) is 12.6. The van der Waals surface area contributed by atoms with Crippen molar-refractivity contribution < 1.29 is 9.72 Å². The number of benzene rings is 1. The van der Waals surface area contributed by atoms with E-state index in [4.69, 9.17) is 5.73 Å². The molecular formula is C11H13N3O3. The number of nitro groups is 1. The Balaban J connectivity index is 2.34. The molecule has 0 atom stereocenters. The van der Waals surface area contributed by atoms with E-state index < -0.39 is 4.92 Å².